The Balaban J connectivity index is 1.85. The largest absolute Gasteiger partial charge is 0.450 e. The van der Waals surface area contributed by atoms with Crippen LogP contribution in [0.4, 0.5) is 0 Å². The third-order valence-corrected chi connectivity index (χ3v) is 5.86. The number of amides is 1. The summed E-state index contributed by atoms with van der Waals surface area (Å²) in [7, 11) is 0. The molecule has 0 radical (unpaired) electrons. The van der Waals surface area contributed by atoms with Crippen LogP contribution in [0.2, 0.25) is 5.02 Å². The molecule has 0 spiro atoms. The maximum atomic E-state index is 13.3. The van der Waals surface area contributed by atoms with Gasteiger partial charge in [-0.1, -0.05) is 49.7 Å². The molecule has 3 aromatic rings. The number of benzene rings is 2. The van der Waals surface area contributed by atoms with Crippen LogP contribution >= 0.6 is 11.6 Å². The van der Waals surface area contributed by atoms with Gasteiger partial charge < -0.3 is 14.2 Å². The van der Waals surface area contributed by atoms with E-state index in [2.05, 4.69) is 18.7 Å². The van der Waals surface area contributed by atoms with Crippen LogP contribution in [0.5, 0.6) is 0 Å². The lowest BCUT2D eigenvalue weighted by atomic mass is 9.98. The van der Waals surface area contributed by atoms with E-state index in [1.807, 2.05) is 12.1 Å². The van der Waals surface area contributed by atoms with E-state index in [4.69, 9.17) is 16.0 Å². The summed E-state index contributed by atoms with van der Waals surface area (Å²) >= 11 is 6.07. The Labute approximate surface area is 174 Å². The zero-order valence-electron chi connectivity index (χ0n) is 16.5. The van der Waals surface area contributed by atoms with Crippen molar-refractivity contribution in [2.75, 3.05) is 26.2 Å². The average molecular weight is 411 g/mol. The predicted molar refractivity (Wildman–Crippen MR) is 115 cm³/mol. The summed E-state index contributed by atoms with van der Waals surface area (Å²) in [5.41, 5.74) is 1.55. The summed E-state index contributed by atoms with van der Waals surface area (Å²) < 4.78 is 5.93. The molecule has 1 amide bonds. The number of carbonyl (C=O) groups excluding carboxylic acids is 1. The molecule has 1 aliphatic heterocycles. The van der Waals surface area contributed by atoms with Crippen LogP contribution in [0, 0.1) is 0 Å². The Morgan fingerprint density at radius 3 is 2.41 bits per heavy atom. The minimum atomic E-state index is -0.480. The number of likely N-dealkylation sites (N-methyl/N-ethyl adjacent to an activating group) is 1. The fourth-order valence-electron chi connectivity index (χ4n) is 3.98. The molecule has 1 unspecified atom stereocenters. The minimum absolute atomic E-state index is 0.146. The lowest BCUT2D eigenvalue weighted by Gasteiger charge is -2.28. The smallest absolute Gasteiger partial charge is 0.290 e. The number of hydrogen-bond acceptors (Lipinski definition) is 4. The Morgan fingerprint density at radius 2 is 1.72 bits per heavy atom. The van der Waals surface area contributed by atoms with Crippen LogP contribution in [0.25, 0.3) is 11.0 Å². The molecule has 0 N–H and O–H groups in total. The lowest BCUT2D eigenvalue weighted by Crippen LogP contribution is -2.37. The third kappa shape index (κ3) is 3.45. The molecule has 2 heterocycles. The first-order valence-electron chi connectivity index (χ1n) is 9.89. The topological polar surface area (TPSA) is 53.8 Å². The average Bonchev–Trinajstić information content (AvgIpc) is 3.02. The molecule has 0 saturated heterocycles. The van der Waals surface area contributed by atoms with E-state index < -0.39 is 6.04 Å². The second-order valence-corrected chi connectivity index (χ2v) is 7.59. The van der Waals surface area contributed by atoms with E-state index in [1.54, 1.807) is 41.3 Å². The second-order valence-electron chi connectivity index (χ2n) is 7.15. The van der Waals surface area contributed by atoms with E-state index in [0.717, 1.165) is 25.2 Å². The van der Waals surface area contributed by atoms with E-state index in [9.17, 15) is 9.59 Å². The van der Waals surface area contributed by atoms with Crippen molar-refractivity contribution in [1.82, 2.24) is 9.80 Å². The highest BCUT2D eigenvalue weighted by Gasteiger charge is 2.42. The molecule has 5 nitrogen and oxygen atoms in total. The number of halogens is 1. The summed E-state index contributed by atoms with van der Waals surface area (Å²) in [5.74, 6) is -0.0943. The third-order valence-electron chi connectivity index (χ3n) is 5.61. The molecule has 1 atom stereocenters. The molecule has 0 bridgehead atoms. The number of fused-ring (bicyclic) bond motifs is 2. The molecule has 1 aromatic heterocycles. The summed E-state index contributed by atoms with van der Waals surface area (Å²) in [6.45, 7) is 7.23. The van der Waals surface area contributed by atoms with Crippen molar-refractivity contribution in [3.05, 3.63) is 80.7 Å². The van der Waals surface area contributed by atoms with Crippen molar-refractivity contribution in [1.29, 1.82) is 0 Å². The molecule has 29 heavy (non-hydrogen) atoms. The first kappa shape index (κ1) is 19.7. The number of rotatable bonds is 6. The zero-order valence-corrected chi connectivity index (χ0v) is 17.3. The molecule has 0 fully saturated rings. The van der Waals surface area contributed by atoms with Gasteiger partial charge >= 0.3 is 0 Å². The molecular formula is C23H23ClN2O3. The standard InChI is InChI=1S/C23H23ClN2O3/c1-3-25(4-2)13-14-26-20(15-9-11-16(24)12-10-15)19-21(27)17-7-5-6-8-18(17)29-22(19)23(26)28/h5-12,20H,3-4,13-14H2,1-2H3. The first-order valence-corrected chi connectivity index (χ1v) is 10.3. The summed E-state index contributed by atoms with van der Waals surface area (Å²) in [6.07, 6.45) is 0. The molecule has 4 rings (SSSR count). The first-order chi connectivity index (χ1) is 14.0. The molecule has 2 aromatic carbocycles. The van der Waals surface area contributed by atoms with Gasteiger partial charge in [-0.25, -0.2) is 0 Å². The Morgan fingerprint density at radius 1 is 1.03 bits per heavy atom. The minimum Gasteiger partial charge on any atom is -0.450 e. The quantitative estimate of drug-likeness (QED) is 0.606. The van der Waals surface area contributed by atoms with Gasteiger partial charge in [0.15, 0.2) is 5.43 Å². The van der Waals surface area contributed by atoms with Crippen molar-refractivity contribution in [3.8, 4) is 0 Å². The highest BCUT2D eigenvalue weighted by molar-refractivity contribution is 6.30. The maximum Gasteiger partial charge on any atom is 0.290 e. The highest BCUT2D eigenvalue weighted by atomic mass is 35.5. The highest BCUT2D eigenvalue weighted by Crippen LogP contribution is 2.38. The van der Waals surface area contributed by atoms with Crippen LogP contribution < -0.4 is 5.43 Å². The maximum absolute atomic E-state index is 13.3. The number of nitrogens with zero attached hydrogens (tertiary/aromatic N) is 2. The van der Waals surface area contributed by atoms with Crippen molar-refractivity contribution in [2.24, 2.45) is 0 Å². The van der Waals surface area contributed by atoms with Crippen molar-refractivity contribution in [2.45, 2.75) is 19.9 Å². The van der Waals surface area contributed by atoms with Crippen molar-refractivity contribution in [3.63, 3.8) is 0 Å². The fourth-order valence-corrected chi connectivity index (χ4v) is 4.10. The van der Waals surface area contributed by atoms with E-state index in [0.29, 0.717) is 28.1 Å². The zero-order chi connectivity index (χ0) is 20.5. The number of hydrogen-bond donors (Lipinski definition) is 0. The Hall–Kier alpha value is -2.63. The monoisotopic (exact) mass is 410 g/mol. The van der Waals surface area contributed by atoms with Gasteiger partial charge in [-0.05, 0) is 42.9 Å². The van der Waals surface area contributed by atoms with Gasteiger partial charge in [0.1, 0.15) is 5.58 Å². The summed E-state index contributed by atoms with van der Waals surface area (Å²) in [5, 5.41) is 1.10. The van der Waals surface area contributed by atoms with Gasteiger partial charge in [0, 0.05) is 18.1 Å². The van der Waals surface area contributed by atoms with Crippen LogP contribution in [0.15, 0.2) is 57.7 Å². The summed E-state index contributed by atoms with van der Waals surface area (Å²) in [4.78, 5) is 30.6. The summed E-state index contributed by atoms with van der Waals surface area (Å²) in [6, 6.07) is 13.9. The van der Waals surface area contributed by atoms with Crippen LogP contribution in [0.1, 0.15) is 41.6 Å². The van der Waals surface area contributed by atoms with Gasteiger partial charge in [0.25, 0.3) is 5.91 Å². The van der Waals surface area contributed by atoms with Crippen molar-refractivity contribution < 1.29 is 9.21 Å². The van der Waals surface area contributed by atoms with E-state index in [1.165, 1.54) is 0 Å². The fraction of sp³-hybridized carbons (Fsp3) is 0.304. The predicted octanol–water partition coefficient (Wildman–Crippen LogP) is 4.33. The molecule has 0 aliphatic carbocycles. The van der Waals surface area contributed by atoms with Crippen LogP contribution in [-0.2, 0) is 0 Å². The number of para-hydroxylation sites is 1. The van der Waals surface area contributed by atoms with Gasteiger partial charge in [-0.3, -0.25) is 9.59 Å². The second kappa shape index (κ2) is 8.01. The molecular weight excluding hydrogens is 388 g/mol. The Bertz CT molecular complexity index is 1100. The number of carbonyl (C=O) groups is 1. The van der Waals surface area contributed by atoms with E-state index >= 15 is 0 Å². The van der Waals surface area contributed by atoms with Crippen LogP contribution in [-0.4, -0.2) is 41.9 Å². The van der Waals surface area contributed by atoms with Gasteiger partial charge in [-0.2, -0.15) is 0 Å². The Kier molecular flexibility index (Phi) is 5.43. The van der Waals surface area contributed by atoms with Gasteiger partial charge in [0.2, 0.25) is 5.76 Å². The normalized spacial score (nSPS) is 16.1. The SMILES string of the molecule is CCN(CC)CCN1C(=O)c2oc3ccccc3c(=O)c2C1c1ccc(Cl)cc1. The molecule has 150 valence electrons. The van der Waals surface area contributed by atoms with Gasteiger partial charge in [0.05, 0.1) is 17.0 Å². The molecule has 1 aliphatic rings. The molecule has 0 saturated carbocycles. The van der Waals surface area contributed by atoms with E-state index in [-0.39, 0.29) is 17.1 Å². The van der Waals surface area contributed by atoms with Gasteiger partial charge in [-0.15, -0.1) is 0 Å². The van der Waals surface area contributed by atoms with Crippen molar-refractivity contribution >= 4 is 28.5 Å². The lowest BCUT2D eigenvalue weighted by molar-refractivity contribution is 0.0708. The molecule has 6 heteroatoms. The van der Waals surface area contributed by atoms with Crippen LogP contribution in [0.3, 0.4) is 0 Å².